The molecule has 0 radical (unpaired) electrons. The molecule has 1 saturated heterocycles. The molecule has 1 aliphatic rings. The van der Waals surface area contributed by atoms with Crippen molar-refractivity contribution in [1.82, 2.24) is 4.90 Å². The Balaban J connectivity index is 1.52. The number of nitrogens with zero attached hydrogens (tertiary/aromatic N) is 2. The highest BCUT2D eigenvalue weighted by Gasteiger charge is 2.10. The fraction of sp³-hybridized carbons (Fsp3) is 0.278. The molecule has 4 heteroatoms. The number of rotatable bonds is 5. The zero-order chi connectivity index (χ0) is 15.0. The normalized spacial score (nSPS) is 16.0. The second-order valence-electron chi connectivity index (χ2n) is 5.37. The van der Waals surface area contributed by atoms with E-state index in [4.69, 9.17) is 4.74 Å². The standard InChI is InChI=1S/C18H21N3O/c1-2-4-18(5-3-1)20-19-14-16-6-8-17(9-7-16)15-21-10-12-22-13-11-21/h1-9,14,20H,10-13,15H2. The van der Waals surface area contributed by atoms with Crippen molar-refractivity contribution in [2.45, 2.75) is 6.54 Å². The first-order chi connectivity index (χ1) is 10.9. The van der Waals surface area contributed by atoms with Crippen molar-refractivity contribution in [3.8, 4) is 0 Å². The molecule has 0 aliphatic carbocycles. The number of anilines is 1. The molecule has 1 heterocycles. The molecule has 0 spiro atoms. The van der Waals surface area contributed by atoms with Crippen molar-refractivity contribution in [2.24, 2.45) is 5.10 Å². The van der Waals surface area contributed by atoms with Gasteiger partial charge in [-0.15, -0.1) is 0 Å². The Kier molecular flexibility index (Phi) is 5.18. The number of hydrogen-bond donors (Lipinski definition) is 1. The van der Waals surface area contributed by atoms with Gasteiger partial charge in [-0.2, -0.15) is 5.10 Å². The number of nitrogens with one attached hydrogen (secondary N) is 1. The molecular formula is C18H21N3O. The van der Waals surface area contributed by atoms with Crippen LogP contribution in [0.5, 0.6) is 0 Å². The average molecular weight is 295 g/mol. The lowest BCUT2D eigenvalue weighted by Gasteiger charge is -2.26. The van der Waals surface area contributed by atoms with Gasteiger partial charge in [0, 0.05) is 19.6 Å². The molecule has 0 amide bonds. The largest absolute Gasteiger partial charge is 0.379 e. The van der Waals surface area contributed by atoms with Crippen LogP contribution in [-0.2, 0) is 11.3 Å². The van der Waals surface area contributed by atoms with Crippen LogP contribution in [0.15, 0.2) is 59.7 Å². The summed E-state index contributed by atoms with van der Waals surface area (Å²) in [6, 6.07) is 18.5. The SMILES string of the molecule is C(=NNc1ccccc1)c1ccc(CN2CCOCC2)cc1. The third-order valence-electron chi connectivity index (χ3n) is 3.67. The Hall–Kier alpha value is -2.17. The van der Waals surface area contributed by atoms with Gasteiger partial charge >= 0.3 is 0 Å². The predicted octanol–water partition coefficient (Wildman–Crippen LogP) is 2.96. The van der Waals surface area contributed by atoms with Crippen molar-refractivity contribution in [2.75, 3.05) is 31.7 Å². The lowest BCUT2D eigenvalue weighted by molar-refractivity contribution is 0.0342. The summed E-state index contributed by atoms with van der Waals surface area (Å²) in [7, 11) is 0. The van der Waals surface area contributed by atoms with E-state index in [1.165, 1.54) is 5.56 Å². The van der Waals surface area contributed by atoms with Crippen molar-refractivity contribution < 1.29 is 4.74 Å². The smallest absolute Gasteiger partial charge is 0.0594 e. The van der Waals surface area contributed by atoms with Crippen LogP contribution in [0.25, 0.3) is 0 Å². The van der Waals surface area contributed by atoms with Crippen LogP contribution < -0.4 is 5.43 Å². The molecule has 1 fully saturated rings. The predicted molar refractivity (Wildman–Crippen MR) is 90.2 cm³/mol. The molecule has 3 rings (SSSR count). The number of morpholine rings is 1. The highest BCUT2D eigenvalue weighted by atomic mass is 16.5. The fourth-order valence-corrected chi connectivity index (χ4v) is 2.42. The summed E-state index contributed by atoms with van der Waals surface area (Å²) in [5.41, 5.74) is 6.43. The van der Waals surface area contributed by atoms with E-state index in [-0.39, 0.29) is 0 Å². The molecule has 2 aromatic rings. The molecule has 4 nitrogen and oxygen atoms in total. The van der Waals surface area contributed by atoms with Crippen molar-refractivity contribution in [3.05, 3.63) is 65.7 Å². The van der Waals surface area contributed by atoms with Gasteiger partial charge in [0.1, 0.15) is 0 Å². The summed E-state index contributed by atoms with van der Waals surface area (Å²) >= 11 is 0. The maximum atomic E-state index is 5.37. The van der Waals surface area contributed by atoms with Gasteiger partial charge in [0.05, 0.1) is 25.1 Å². The number of para-hydroxylation sites is 1. The Labute approximate surface area is 131 Å². The summed E-state index contributed by atoms with van der Waals surface area (Å²) in [5.74, 6) is 0. The zero-order valence-corrected chi connectivity index (χ0v) is 12.6. The van der Waals surface area contributed by atoms with Gasteiger partial charge in [0.15, 0.2) is 0 Å². The highest BCUT2D eigenvalue weighted by Crippen LogP contribution is 2.09. The van der Waals surface area contributed by atoms with Crippen molar-refractivity contribution >= 4 is 11.9 Å². The Morgan fingerprint density at radius 3 is 2.45 bits per heavy atom. The van der Waals surface area contributed by atoms with Crippen LogP contribution in [0.4, 0.5) is 5.69 Å². The summed E-state index contributed by atoms with van der Waals surface area (Å²) in [6.07, 6.45) is 1.84. The van der Waals surface area contributed by atoms with Gasteiger partial charge in [0.25, 0.3) is 0 Å². The van der Waals surface area contributed by atoms with E-state index in [0.717, 1.165) is 44.1 Å². The molecule has 0 bridgehead atoms. The van der Waals surface area contributed by atoms with Gasteiger partial charge in [-0.3, -0.25) is 10.3 Å². The maximum Gasteiger partial charge on any atom is 0.0594 e. The van der Waals surface area contributed by atoms with Crippen LogP contribution in [0.2, 0.25) is 0 Å². The van der Waals surface area contributed by atoms with E-state index in [9.17, 15) is 0 Å². The van der Waals surface area contributed by atoms with Crippen LogP contribution >= 0.6 is 0 Å². The molecule has 0 saturated carbocycles. The summed E-state index contributed by atoms with van der Waals surface area (Å²) < 4.78 is 5.37. The van der Waals surface area contributed by atoms with Crippen LogP contribution in [0, 0.1) is 0 Å². The minimum atomic E-state index is 0.843. The fourth-order valence-electron chi connectivity index (χ4n) is 2.42. The average Bonchev–Trinajstić information content (AvgIpc) is 2.58. The first kappa shape index (κ1) is 14.8. The van der Waals surface area contributed by atoms with Gasteiger partial charge in [-0.25, -0.2) is 0 Å². The number of benzene rings is 2. The minimum Gasteiger partial charge on any atom is -0.379 e. The first-order valence-electron chi connectivity index (χ1n) is 7.63. The zero-order valence-electron chi connectivity index (χ0n) is 12.6. The molecule has 1 aliphatic heterocycles. The topological polar surface area (TPSA) is 36.9 Å². The molecular weight excluding hydrogens is 274 g/mol. The second-order valence-corrected chi connectivity index (χ2v) is 5.37. The number of hydrogen-bond acceptors (Lipinski definition) is 4. The number of hydrazone groups is 1. The van der Waals surface area contributed by atoms with E-state index < -0.39 is 0 Å². The van der Waals surface area contributed by atoms with E-state index in [1.54, 1.807) is 0 Å². The molecule has 1 N–H and O–H groups in total. The molecule has 0 aromatic heterocycles. The third kappa shape index (κ3) is 4.41. The Morgan fingerprint density at radius 1 is 1.00 bits per heavy atom. The molecule has 22 heavy (non-hydrogen) atoms. The third-order valence-corrected chi connectivity index (χ3v) is 3.67. The summed E-state index contributed by atoms with van der Waals surface area (Å²) in [6.45, 7) is 4.71. The lowest BCUT2D eigenvalue weighted by atomic mass is 10.1. The van der Waals surface area contributed by atoms with Gasteiger partial charge < -0.3 is 4.74 Å². The van der Waals surface area contributed by atoms with Crippen molar-refractivity contribution in [1.29, 1.82) is 0 Å². The van der Waals surface area contributed by atoms with E-state index in [2.05, 4.69) is 39.7 Å². The van der Waals surface area contributed by atoms with Crippen LogP contribution in [-0.4, -0.2) is 37.4 Å². The van der Waals surface area contributed by atoms with Crippen LogP contribution in [0.1, 0.15) is 11.1 Å². The molecule has 2 aromatic carbocycles. The lowest BCUT2D eigenvalue weighted by Crippen LogP contribution is -2.35. The van der Waals surface area contributed by atoms with Crippen molar-refractivity contribution in [3.63, 3.8) is 0 Å². The second kappa shape index (κ2) is 7.73. The summed E-state index contributed by atoms with van der Waals surface area (Å²) in [4.78, 5) is 2.42. The van der Waals surface area contributed by atoms with E-state index in [0.29, 0.717) is 0 Å². The Bertz CT molecular complexity index is 589. The number of ether oxygens (including phenoxy) is 1. The molecule has 0 unspecified atom stereocenters. The van der Waals surface area contributed by atoms with Gasteiger partial charge in [-0.1, -0.05) is 42.5 Å². The summed E-state index contributed by atoms with van der Waals surface area (Å²) in [5, 5.41) is 4.26. The van der Waals surface area contributed by atoms with Gasteiger partial charge in [-0.05, 0) is 23.3 Å². The maximum absolute atomic E-state index is 5.37. The van der Waals surface area contributed by atoms with Crippen LogP contribution in [0.3, 0.4) is 0 Å². The quantitative estimate of drug-likeness (QED) is 0.680. The van der Waals surface area contributed by atoms with E-state index >= 15 is 0 Å². The molecule has 0 atom stereocenters. The van der Waals surface area contributed by atoms with E-state index in [1.807, 2.05) is 36.5 Å². The first-order valence-corrected chi connectivity index (χ1v) is 7.63. The minimum absolute atomic E-state index is 0.843. The van der Waals surface area contributed by atoms with Gasteiger partial charge in [0.2, 0.25) is 0 Å². The molecule has 114 valence electrons. The Morgan fingerprint density at radius 2 is 1.73 bits per heavy atom. The highest BCUT2D eigenvalue weighted by molar-refractivity contribution is 5.80. The monoisotopic (exact) mass is 295 g/mol.